The number of nitrogens with one attached hydrogen (secondary N) is 1. The molecule has 30 heavy (non-hydrogen) atoms. The van der Waals surface area contributed by atoms with Crippen molar-refractivity contribution >= 4 is 17.7 Å². The molecule has 0 saturated carbocycles. The van der Waals surface area contributed by atoms with Crippen LogP contribution in [0.4, 0.5) is 5.82 Å². The van der Waals surface area contributed by atoms with Crippen molar-refractivity contribution in [3.8, 4) is 11.6 Å². The maximum absolute atomic E-state index is 12.6. The van der Waals surface area contributed by atoms with Gasteiger partial charge in [-0.3, -0.25) is 9.59 Å². The molecule has 0 unspecified atom stereocenters. The summed E-state index contributed by atoms with van der Waals surface area (Å²) >= 11 is 0. The average Bonchev–Trinajstić information content (AvgIpc) is 2.76. The Morgan fingerprint density at radius 2 is 1.97 bits per heavy atom. The summed E-state index contributed by atoms with van der Waals surface area (Å²) in [6, 6.07) is 7.74. The van der Waals surface area contributed by atoms with E-state index in [0.29, 0.717) is 30.6 Å². The second kappa shape index (κ2) is 10.6. The third kappa shape index (κ3) is 5.92. The van der Waals surface area contributed by atoms with Crippen LogP contribution in [0.15, 0.2) is 36.7 Å². The SMILES string of the molecule is CCOC(=O)CCNC(=O)[C@H]1CCCN(c2nccnc2Oc2ccc(C)cc2)C1. The van der Waals surface area contributed by atoms with Crippen LogP contribution >= 0.6 is 0 Å². The van der Waals surface area contributed by atoms with E-state index in [1.807, 2.05) is 36.1 Å². The van der Waals surface area contributed by atoms with Gasteiger partial charge in [0.2, 0.25) is 5.91 Å². The Hall–Kier alpha value is -3.16. The van der Waals surface area contributed by atoms with E-state index < -0.39 is 0 Å². The minimum Gasteiger partial charge on any atom is -0.466 e. The smallest absolute Gasteiger partial charge is 0.307 e. The summed E-state index contributed by atoms with van der Waals surface area (Å²) in [7, 11) is 0. The van der Waals surface area contributed by atoms with Gasteiger partial charge in [-0.2, -0.15) is 0 Å². The molecule has 0 spiro atoms. The molecule has 2 heterocycles. The third-order valence-corrected chi connectivity index (χ3v) is 4.91. The fourth-order valence-electron chi connectivity index (χ4n) is 3.37. The van der Waals surface area contributed by atoms with Gasteiger partial charge in [-0.15, -0.1) is 0 Å². The lowest BCUT2D eigenvalue weighted by atomic mass is 9.97. The number of anilines is 1. The number of benzene rings is 1. The summed E-state index contributed by atoms with van der Waals surface area (Å²) in [5.41, 5.74) is 1.15. The van der Waals surface area contributed by atoms with E-state index in [4.69, 9.17) is 9.47 Å². The van der Waals surface area contributed by atoms with E-state index in [9.17, 15) is 9.59 Å². The molecule has 1 aliphatic rings. The number of ether oxygens (including phenoxy) is 2. The van der Waals surface area contributed by atoms with Gasteiger partial charge in [0.1, 0.15) is 5.75 Å². The zero-order chi connectivity index (χ0) is 21.3. The molecule has 1 aromatic heterocycles. The molecular weight excluding hydrogens is 384 g/mol. The van der Waals surface area contributed by atoms with Crippen molar-refractivity contribution in [3.63, 3.8) is 0 Å². The summed E-state index contributed by atoms with van der Waals surface area (Å²) < 4.78 is 10.8. The van der Waals surface area contributed by atoms with E-state index in [0.717, 1.165) is 24.9 Å². The molecule has 2 aromatic rings. The summed E-state index contributed by atoms with van der Waals surface area (Å²) in [5, 5.41) is 2.84. The minimum atomic E-state index is -0.305. The van der Waals surface area contributed by atoms with Crippen molar-refractivity contribution in [1.82, 2.24) is 15.3 Å². The van der Waals surface area contributed by atoms with Crippen LogP contribution in [0.3, 0.4) is 0 Å². The van der Waals surface area contributed by atoms with Gasteiger partial charge in [0, 0.05) is 32.0 Å². The zero-order valence-corrected chi connectivity index (χ0v) is 17.5. The van der Waals surface area contributed by atoms with E-state index in [-0.39, 0.29) is 30.8 Å². The van der Waals surface area contributed by atoms with Crippen LogP contribution in [0.1, 0.15) is 31.7 Å². The highest BCUT2D eigenvalue weighted by molar-refractivity contribution is 5.80. The molecule has 1 aromatic carbocycles. The van der Waals surface area contributed by atoms with Crippen molar-refractivity contribution < 1.29 is 19.1 Å². The number of aromatic nitrogens is 2. The van der Waals surface area contributed by atoms with Gasteiger partial charge in [0.15, 0.2) is 5.82 Å². The normalized spacial score (nSPS) is 16.1. The van der Waals surface area contributed by atoms with Gasteiger partial charge in [-0.25, -0.2) is 9.97 Å². The van der Waals surface area contributed by atoms with Crippen LogP contribution in [0.5, 0.6) is 11.6 Å². The van der Waals surface area contributed by atoms with E-state index >= 15 is 0 Å². The molecule has 0 aliphatic carbocycles. The molecule has 0 bridgehead atoms. The van der Waals surface area contributed by atoms with Crippen LogP contribution in [0.25, 0.3) is 0 Å². The molecule has 8 heteroatoms. The number of amides is 1. The number of aryl methyl sites for hydroxylation is 1. The number of esters is 1. The minimum absolute atomic E-state index is 0.0612. The Bertz CT molecular complexity index is 856. The number of rotatable bonds is 8. The van der Waals surface area contributed by atoms with Gasteiger partial charge in [-0.05, 0) is 38.8 Å². The first-order valence-corrected chi connectivity index (χ1v) is 10.3. The fraction of sp³-hybridized carbons (Fsp3) is 0.455. The van der Waals surface area contributed by atoms with Crippen LogP contribution in [0.2, 0.25) is 0 Å². The van der Waals surface area contributed by atoms with Crippen LogP contribution < -0.4 is 15.0 Å². The van der Waals surface area contributed by atoms with Crippen molar-refractivity contribution in [2.24, 2.45) is 5.92 Å². The Morgan fingerprint density at radius 1 is 1.20 bits per heavy atom. The standard InChI is InChI=1S/C22H28N4O4/c1-3-29-19(27)10-11-24-21(28)17-5-4-14-26(15-17)20-22(25-13-12-23-20)30-18-8-6-16(2)7-9-18/h6-9,12-13,17H,3-5,10-11,14-15H2,1-2H3,(H,24,28)/t17-/m0/s1. The Labute approximate surface area is 176 Å². The molecule has 0 radical (unpaired) electrons. The Morgan fingerprint density at radius 3 is 2.73 bits per heavy atom. The topological polar surface area (TPSA) is 93.7 Å². The van der Waals surface area contributed by atoms with Crippen molar-refractivity contribution in [1.29, 1.82) is 0 Å². The monoisotopic (exact) mass is 412 g/mol. The molecule has 1 fully saturated rings. The van der Waals surface area contributed by atoms with Crippen molar-refractivity contribution in [3.05, 3.63) is 42.2 Å². The average molecular weight is 412 g/mol. The highest BCUT2D eigenvalue weighted by Crippen LogP contribution is 2.31. The number of piperidine rings is 1. The Kier molecular flexibility index (Phi) is 7.59. The maximum Gasteiger partial charge on any atom is 0.307 e. The second-order valence-corrected chi connectivity index (χ2v) is 7.23. The largest absolute Gasteiger partial charge is 0.466 e. The molecule has 160 valence electrons. The summed E-state index contributed by atoms with van der Waals surface area (Å²) in [5.74, 6) is 1.18. The summed E-state index contributed by atoms with van der Waals surface area (Å²) in [6.45, 7) is 5.69. The van der Waals surface area contributed by atoms with E-state index in [2.05, 4.69) is 15.3 Å². The molecule has 1 saturated heterocycles. The first kappa shape index (κ1) is 21.5. The van der Waals surface area contributed by atoms with Gasteiger partial charge in [0.25, 0.3) is 5.88 Å². The molecule has 8 nitrogen and oxygen atoms in total. The zero-order valence-electron chi connectivity index (χ0n) is 17.5. The van der Waals surface area contributed by atoms with Crippen LogP contribution in [0, 0.1) is 12.8 Å². The lowest BCUT2D eigenvalue weighted by molar-refractivity contribution is -0.143. The van der Waals surface area contributed by atoms with Crippen molar-refractivity contribution in [2.75, 3.05) is 31.1 Å². The van der Waals surface area contributed by atoms with Gasteiger partial charge < -0.3 is 19.7 Å². The number of nitrogens with zero attached hydrogens (tertiary/aromatic N) is 3. The first-order valence-electron chi connectivity index (χ1n) is 10.3. The highest BCUT2D eigenvalue weighted by Gasteiger charge is 2.28. The molecule has 1 N–H and O–H groups in total. The predicted molar refractivity (Wildman–Crippen MR) is 112 cm³/mol. The molecule has 1 atom stereocenters. The third-order valence-electron chi connectivity index (χ3n) is 4.91. The lowest BCUT2D eigenvalue weighted by Crippen LogP contribution is -2.44. The molecule has 3 rings (SSSR count). The van der Waals surface area contributed by atoms with E-state index in [1.54, 1.807) is 19.3 Å². The fourth-order valence-corrected chi connectivity index (χ4v) is 3.37. The summed E-state index contributed by atoms with van der Waals surface area (Å²) in [4.78, 5) is 34.8. The first-order chi connectivity index (χ1) is 14.6. The van der Waals surface area contributed by atoms with Gasteiger partial charge >= 0.3 is 5.97 Å². The number of carbonyl (C=O) groups is 2. The van der Waals surface area contributed by atoms with Crippen LogP contribution in [-0.2, 0) is 14.3 Å². The molecule has 1 amide bonds. The molecule has 1 aliphatic heterocycles. The lowest BCUT2D eigenvalue weighted by Gasteiger charge is -2.33. The van der Waals surface area contributed by atoms with E-state index in [1.165, 1.54) is 0 Å². The van der Waals surface area contributed by atoms with Gasteiger partial charge in [-0.1, -0.05) is 17.7 Å². The van der Waals surface area contributed by atoms with Crippen LogP contribution in [-0.4, -0.2) is 48.1 Å². The Balaban J connectivity index is 1.61. The predicted octanol–water partition coefficient (Wildman–Crippen LogP) is 2.86. The second-order valence-electron chi connectivity index (χ2n) is 7.23. The summed E-state index contributed by atoms with van der Waals surface area (Å²) in [6.07, 6.45) is 5.04. The maximum atomic E-state index is 12.6. The number of hydrogen-bond acceptors (Lipinski definition) is 7. The molecular formula is C22H28N4O4. The number of hydrogen-bond donors (Lipinski definition) is 1. The quantitative estimate of drug-likeness (QED) is 0.666. The highest BCUT2D eigenvalue weighted by atomic mass is 16.5. The van der Waals surface area contributed by atoms with Gasteiger partial charge in [0.05, 0.1) is 18.9 Å². The van der Waals surface area contributed by atoms with Crippen molar-refractivity contribution in [2.45, 2.75) is 33.1 Å². The number of carbonyl (C=O) groups excluding carboxylic acids is 2.